The molecular formula is C13H6FeN6O5. The molecule has 25 heavy (non-hydrogen) atoms. The van der Waals surface area contributed by atoms with Gasteiger partial charge < -0.3 is 91.4 Å². The quantitative estimate of drug-likeness (QED) is 0.304. The van der Waals surface area contributed by atoms with E-state index >= 15 is 0 Å². The number of hydrogen-bond acceptors (Lipinski definition) is 10. The molecule has 11 nitrogen and oxygen atoms in total. The van der Waals surface area contributed by atoms with Crippen molar-refractivity contribution in [1.29, 1.82) is 31.6 Å². The number of phenolic OH excluding ortho intramolecular Hbond substituents is 3. The summed E-state index contributed by atoms with van der Waals surface area (Å²) in [4.78, 5) is 10.3. The summed E-state index contributed by atoms with van der Waals surface area (Å²) in [5.41, 5.74) is -0.289. The predicted octanol–water partition coefficient (Wildman–Crippen LogP) is 1.08. The van der Waals surface area contributed by atoms with Gasteiger partial charge in [-0.1, -0.05) is 0 Å². The second kappa shape index (κ2) is 42.7. The van der Waals surface area contributed by atoms with Gasteiger partial charge in [0.1, 0.15) is 0 Å². The zero-order chi connectivity index (χ0) is 21.3. The fraction of sp³-hybridized carbons (Fsp3) is 0. The molecule has 0 radical (unpaired) electrons. The number of hydrogen-bond donors (Lipinski definition) is 4. The van der Waals surface area contributed by atoms with Gasteiger partial charge in [-0.25, -0.2) is 4.79 Å². The third kappa shape index (κ3) is 24.9. The second-order valence-corrected chi connectivity index (χ2v) is 2.17. The Morgan fingerprint density at radius 3 is 1.04 bits per heavy atom. The number of rotatable bonds is 1. The molecule has 0 aromatic heterocycles. The summed E-state index contributed by atoms with van der Waals surface area (Å²) in [6.07, 6.45) is 0. The maximum Gasteiger partial charge on any atom is 6.00 e. The number of aromatic carboxylic acids is 1. The van der Waals surface area contributed by atoms with Gasteiger partial charge in [-0.05, 0) is 12.1 Å². The van der Waals surface area contributed by atoms with E-state index in [0.717, 1.165) is 12.1 Å². The maximum atomic E-state index is 10.3. The zero-order valence-electron chi connectivity index (χ0n) is 11.9. The van der Waals surface area contributed by atoms with Gasteiger partial charge in [0.15, 0.2) is 17.2 Å². The van der Waals surface area contributed by atoms with Crippen molar-refractivity contribution in [2.45, 2.75) is 0 Å². The van der Waals surface area contributed by atoms with Crippen molar-refractivity contribution in [3.63, 3.8) is 0 Å². The van der Waals surface area contributed by atoms with Crippen molar-refractivity contribution < 1.29 is 42.3 Å². The fourth-order valence-electron chi connectivity index (χ4n) is 0.728. The fourth-order valence-corrected chi connectivity index (χ4v) is 0.728. The van der Waals surface area contributed by atoms with Crippen LogP contribution in [0.4, 0.5) is 0 Å². The second-order valence-electron chi connectivity index (χ2n) is 2.17. The first-order valence-electron chi connectivity index (χ1n) is 4.34. The number of carbonyl (C=O) groups is 1. The number of carboxylic acid groups (broad SMARTS) is 1. The van der Waals surface area contributed by atoms with Crippen molar-refractivity contribution in [2.24, 2.45) is 0 Å². The molecule has 0 atom stereocenters. The van der Waals surface area contributed by atoms with Gasteiger partial charge in [-0.3, -0.25) is 0 Å². The molecule has 0 amide bonds. The molecule has 4 N–H and O–H groups in total. The van der Waals surface area contributed by atoms with E-state index in [2.05, 4.69) is 0 Å². The molecule has 0 aliphatic rings. The van der Waals surface area contributed by atoms with Crippen LogP contribution in [-0.4, -0.2) is 26.4 Å². The average Bonchev–Trinajstić information content (AvgIpc) is 2.69. The molecule has 126 valence electrons. The summed E-state index contributed by atoms with van der Waals surface area (Å²) in [7, 11) is 0. The van der Waals surface area contributed by atoms with Crippen LogP contribution in [-0.2, 0) is 17.1 Å². The predicted molar refractivity (Wildman–Crippen MR) is 68.2 cm³/mol. The molecule has 12 heteroatoms. The zero-order valence-corrected chi connectivity index (χ0v) is 13.0. The van der Waals surface area contributed by atoms with E-state index in [1.807, 2.05) is 0 Å². The molecule has 1 rings (SSSR count). The minimum atomic E-state index is -1.29. The van der Waals surface area contributed by atoms with Crippen LogP contribution in [0.2, 0.25) is 0 Å². The molecule has 0 aliphatic carbocycles. The maximum absolute atomic E-state index is 10.3. The Bertz CT molecular complexity index is 508. The Morgan fingerprint density at radius 2 is 0.880 bits per heavy atom. The van der Waals surface area contributed by atoms with E-state index in [0.29, 0.717) is 0 Å². The Balaban J connectivity index is -0.0000000426. The molecule has 0 fully saturated rings. The van der Waals surface area contributed by atoms with E-state index in [1.54, 1.807) is 0 Å². The summed E-state index contributed by atoms with van der Waals surface area (Å²) in [5.74, 6) is -3.33. The van der Waals surface area contributed by atoms with Crippen LogP contribution in [0.1, 0.15) is 10.4 Å². The van der Waals surface area contributed by atoms with Gasteiger partial charge in [0.2, 0.25) is 0 Å². The molecule has 1 aromatic carbocycles. The number of carboxylic acids is 1. The van der Waals surface area contributed by atoms with E-state index in [9.17, 15) is 4.79 Å². The van der Waals surface area contributed by atoms with Gasteiger partial charge in [0, 0.05) is 0 Å². The molecule has 0 spiro atoms. The summed E-state index contributed by atoms with van der Waals surface area (Å²) < 4.78 is 0. The summed E-state index contributed by atoms with van der Waals surface area (Å²) in [6.45, 7) is 28.5. The molecule has 0 bridgehead atoms. The molecule has 0 aliphatic heterocycles. The van der Waals surface area contributed by atoms with Gasteiger partial charge in [-0.15, -0.1) is 0 Å². The number of nitrogens with zero attached hydrogens (tertiary/aromatic N) is 6. The Morgan fingerprint density at radius 1 is 0.680 bits per heavy atom. The largest absolute Gasteiger partial charge is 6.00 e. The van der Waals surface area contributed by atoms with Gasteiger partial charge >= 0.3 is 23.0 Å². The van der Waals surface area contributed by atoms with Crippen molar-refractivity contribution >= 4 is 5.97 Å². The molecular weight excluding hydrogens is 376 g/mol. The first-order valence-corrected chi connectivity index (χ1v) is 4.34. The monoisotopic (exact) mass is 382 g/mol. The van der Waals surface area contributed by atoms with Crippen LogP contribution in [0.15, 0.2) is 12.1 Å². The van der Waals surface area contributed by atoms with Gasteiger partial charge in [0.25, 0.3) is 0 Å². The first kappa shape index (κ1) is 42.8. The first-order chi connectivity index (χ1) is 11.5. The van der Waals surface area contributed by atoms with Crippen LogP contribution >= 0.6 is 0 Å². The minimum absolute atomic E-state index is 0. The van der Waals surface area contributed by atoms with E-state index in [4.69, 9.17) is 91.4 Å². The topological polar surface area (TPSA) is 241 Å². The molecule has 1 aromatic rings. The Labute approximate surface area is 154 Å². The summed E-state index contributed by atoms with van der Waals surface area (Å²) in [5, 5.41) is 72.5. The van der Waals surface area contributed by atoms with Crippen LogP contribution in [0.3, 0.4) is 0 Å². The van der Waals surface area contributed by atoms with Crippen LogP contribution in [0.25, 0.3) is 0 Å². The number of phenols is 3. The third-order valence-electron chi connectivity index (χ3n) is 1.32. The van der Waals surface area contributed by atoms with Gasteiger partial charge in [0.05, 0.1) is 5.56 Å². The number of benzene rings is 1. The molecule has 0 saturated carbocycles. The Kier molecular flexibility index (Phi) is 73.1. The molecule has 0 unspecified atom stereocenters. The van der Waals surface area contributed by atoms with Gasteiger partial charge in [-0.2, -0.15) is 0 Å². The third-order valence-corrected chi connectivity index (χ3v) is 1.32. The molecule has 0 heterocycles. The summed E-state index contributed by atoms with van der Waals surface area (Å²) in [6, 6.07) is 1.69. The van der Waals surface area contributed by atoms with Crippen LogP contribution in [0, 0.1) is 71.0 Å². The SMILES string of the molecule is O=C(O)c1cc(O)c(O)c(O)c1.[C-]#N.[C-]#N.[C-]#N.[C-]#N.[C-]#N.[C-]#N.[Fe+6]. The van der Waals surface area contributed by atoms with Crippen molar-refractivity contribution in [3.05, 3.63) is 57.1 Å². The van der Waals surface area contributed by atoms with Crippen molar-refractivity contribution in [2.75, 3.05) is 0 Å². The van der Waals surface area contributed by atoms with Crippen LogP contribution in [0.5, 0.6) is 17.2 Å². The Hall–Kier alpha value is -4.45. The number of aromatic hydroxyl groups is 3. The minimum Gasteiger partial charge on any atom is -0.512 e. The smallest absolute Gasteiger partial charge is 0.512 e. The van der Waals surface area contributed by atoms with E-state index in [1.165, 1.54) is 0 Å². The van der Waals surface area contributed by atoms with Crippen molar-refractivity contribution in [1.82, 2.24) is 0 Å². The van der Waals surface area contributed by atoms with Crippen LogP contribution < -0.4 is 0 Å². The normalized spacial score (nSPS) is 5.12. The van der Waals surface area contributed by atoms with E-state index < -0.39 is 23.2 Å². The van der Waals surface area contributed by atoms with E-state index in [-0.39, 0.29) is 22.6 Å². The average molecular weight is 382 g/mol. The van der Waals surface area contributed by atoms with Crippen molar-refractivity contribution in [3.8, 4) is 17.2 Å². The molecule has 0 saturated heterocycles. The summed E-state index contributed by atoms with van der Waals surface area (Å²) >= 11 is 0. The standard InChI is InChI=1S/C7H6O5.6CN.Fe/c8-4-1-3(7(11)12)2-5(9)6(4)10;6*1-2;/h1-2,8-10H,(H,11,12);;;;;;;/q;6*-1;+6.